The van der Waals surface area contributed by atoms with E-state index in [4.69, 9.17) is 4.99 Å². The SMILES string of the molecule is C[C@@H]1CN[C@H](C2=NC(C#Cc3ccc4sc(C#Cc5cnc([C@@H]6C[C@H](C)CN6)[nH]5)cc4c3)=CC2)C1. The maximum atomic E-state index is 4.78. The van der Waals surface area contributed by atoms with E-state index in [1.54, 1.807) is 11.3 Å². The minimum atomic E-state index is 0.310. The summed E-state index contributed by atoms with van der Waals surface area (Å²) in [5.41, 5.74) is 3.98. The van der Waals surface area contributed by atoms with E-state index in [0.29, 0.717) is 18.0 Å². The van der Waals surface area contributed by atoms with Crippen molar-refractivity contribution >= 4 is 27.1 Å². The van der Waals surface area contributed by atoms with Crippen molar-refractivity contribution < 1.29 is 0 Å². The van der Waals surface area contributed by atoms with E-state index in [2.05, 4.69) is 88.5 Å². The molecule has 3 aliphatic rings. The Labute approximate surface area is 210 Å². The maximum absolute atomic E-state index is 4.78. The molecular formula is C29H29N5S. The first-order chi connectivity index (χ1) is 17.1. The maximum Gasteiger partial charge on any atom is 0.124 e. The topological polar surface area (TPSA) is 65.1 Å². The molecule has 6 heteroatoms. The lowest BCUT2D eigenvalue weighted by molar-refractivity contribution is 0.587. The van der Waals surface area contributed by atoms with Gasteiger partial charge in [-0.05, 0) is 91.3 Å². The van der Waals surface area contributed by atoms with Crippen molar-refractivity contribution in [1.29, 1.82) is 0 Å². The zero-order chi connectivity index (χ0) is 23.8. The van der Waals surface area contributed by atoms with Crippen LogP contribution in [0.4, 0.5) is 0 Å². The largest absolute Gasteiger partial charge is 0.334 e. The zero-order valence-electron chi connectivity index (χ0n) is 20.1. The summed E-state index contributed by atoms with van der Waals surface area (Å²) < 4.78 is 1.22. The van der Waals surface area contributed by atoms with Crippen LogP contribution in [0.15, 0.2) is 47.2 Å². The average Bonchev–Trinajstić information content (AvgIpc) is 3.66. The first-order valence-corrected chi connectivity index (χ1v) is 13.3. The summed E-state index contributed by atoms with van der Waals surface area (Å²) in [7, 11) is 0. The van der Waals surface area contributed by atoms with Crippen molar-refractivity contribution in [3.63, 3.8) is 0 Å². The monoisotopic (exact) mass is 479 g/mol. The van der Waals surface area contributed by atoms with Crippen molar-refractivity contribution in [2.45, 2.75) is 45.2 Å². The first kappa shape index (κ1) is 22.3. The molecule has 176 valence electrons. The predicted molar refractivity (Wildman–Crippen MR) is 144 cm³/mol. The van der Waals surface area contributed by atoms with Gasteiger partial charge in [-0.2, -0.15) is 0 Å². The molecular weight excluding hydrogens is 450 g/mol. The van der Waals surface area contributed by atoms with Crippen molar-refractivity contribution in [3.8, 4) is 23.7 Å². The summed E-state index contributed by atoms with van der Waals surface area (Å²) in [6, 6.07) is 9.24. The van der Waals surface area contributed by atoms with Crippen LogP contribution in [0.3, 0.4) is 0 Å². The summed E-state index contributed by atoms with van der Waals surface area (Å²) in [4.78, 5) is 13.7. The van der Waals surface area contributed by atoms with Gasteiger partial charge in [-0.15, -0.1) is 11.3 Å². The van der Waals surface area contributed by atoms with Crippen molar-refractivity contribution in [2.75, 3.05) is 13.1 Å². The number of rotatable bonds is 2. The van der Waals surface area contributed by atoms with E-state index in [1.165, 1.54) is 22.2 Å². The molecule has 0 radical (unpaired) electrons. The predicted octanol–water partition coefficient (Wildman–Crippen LogP) is 4.77. The van der Waals surface area contributed by atoms with Crippen LogP contribution in [0.1, 0.15) is 61.1 Å². The molecule has 3 N–H and O–H groups in total. The van der Waals surface area contributed by atoms with Gasteiger partial charge >= 0.3 is 0 Å². The Kier molecular flexibility index (Phi) is 6.04. The van der Waals surface area contributed by atoms with Crippen LogP contribution >= 0.6 is 11.3 Å². The fraction of sp³-hybridized carbons (Fsp3) is 0.379. The summed E-state index contributed by atoms with van der Waals surface area (Å²) in [6.07, 6.45) is 7.18. The number of aliphatic imine (C=N–C) groups is 1. The summed E-state index contributed by atoms with van der Waals surface area (Å²) in [6.45, 7) is 6.68. The van der Waals surface area contributed by atoms with Gasteiger partial charge in [0.2, 0.25) is 0 Å². The molecule has 4 atom stereocenters. The third-order valence-corrected chi connectivity index (χ3v) is 8.00. The second-order valence-electron chi connectivity index (χ2n) is 10.0. The smallest absolute Gasteiger partial charge is 0.124 e. The van der Waals surface area contributed by atoms with Crippen LogP contribution in [0.5, 0.6) is 0 Å². The first-order valence-electron chi connectivity index (χ1n) is 12.5. The number of fused-ring (bicyclic) bond motifs is 1. The van der Waals surface area contributed by atoms with E-state index < -0.39 is 0 Å². The number of nitrogens with one attached hydrogen (secondary N) is 3. The van der Waals surface area contributed by atoms with Crippen LogP contribution in [-0.2, 0) is 0 Å². The molecule has 0 spiro atoms. The van der Waals surface area contributed by atoms with Gasteiger partial charge in [-0.1, -0.05) is 19.8 Å². The van der Waals surface area contributed by atoms with E-state index in [9.17, 15) is 0 Å². The number of aromatic nitrogens is 2. The highest BCUT2D eigenvalue weighted by atomic mass is 32.1. The number of hydrogen-bond donors (Lipinski definition) is 3. The van der Waals surface area contributed by atoms with Crippen LogP contribution in [0.2, 0.25) is 0 Å². The number of allylic oxidation sites excluding steroid dienone is 2. The molecule has 2 aromatic heterocycles. The molecule has 6 rings (SSSR count). The van der Waals surface area contributed by atoms with Gasteiger partial charge in [-0.25, -0.2) is 9.98 Å². The van der Waals surface area contributed by atoms with Crippen LogP contribution in [0.25, 0.3) is 10.1 Å². The van der Waals surface area contributed by atoms with E-state index >= 15 is 0 Å². The zero-order valence-corrected chi connectivity index (χ0v) is 20.9. The van der Waals surface area contributed by atoms with Crippen LogP contribution in [-0.4, -0.2) is 34.8 Å². The van der Waals surface area contributed by atoms with Crippen LogP contribution in [0, 0.1) is 35.5 Å². The number of benzene rings is 1. The molecule has 2 saturated heterocycles. The number of imidazole rings is 1. The number of aromatic amines is 1. The molecule has 0 amide bonds. The van der Waals surface area contributed by atoms with Crippen molar-refractivity contribution in [1.82, 2.24) is 20.6 Å². The van der Waals surface area contributed by atoms with Gasteiger partial charge < -0.3 is 15.6 Å². The molecule has 0 unspecified atom stereocenters. The summed E-state index contributed by atoms with van der Waals surface area (Å²) >= 11 is 1.71. The van der Waals surface area contributed by atoms with E-state index in [1.807, 2.05) is 6.20 Å². The van der Waals surface area contributed by atoms with Crippen molar-refractivity contribution in [3.05, 3.63) is 64.2 Å². The number of H-pyrrole nitrogens is 1. The lowest BCUT2D eigenvalue weighted by Crippen LogP contribution is -2.29. The molecule has 0 saturated carbocycles. The van der Waals surface area contributed by atoms with E-state index in [0.717, 1.165) is 59.5 Å². The summed E-state index contributed by atoms with van der Waals surface area (Å²) in [5, 5.41) is 8.26. The molecule has 1 aromatic carbocycles. The molecule has 5 nitrogen and oxygen atoms in total. The molecule has 35 heavy (non-hydrogen) atoms. The highest BCUT2D eigenvalue weighted by Gasteiger charge is 2.26. The molecule has 3 aliphatic heterocycles. The van der Waals surface area contributed by atoms with Gasteiger partial charge in [-0.3, -0.25) is 0 Å². The third kappa shape index (κ3) is 4.97. The van der Waals surface area contributed by atoms with Crippen LogP contribution < -0.4 is 10.6 Å². The highest BCUT2D eigenvalue weighted by Crippen LogP contribution is 2.27. The lowest BCUT2D eigenvalue weighted by Gasteiger charge is -2.08. The van der Waals surface area contributed by atoms with Gasteiger partial charge in [0, 0.05) is 28.4 Å². The fourth-order valence-corrected chi connectivity index (χ4v) is 5.96. The quantitative estimate of drug-likeness (QED) is 0.464. The van der Waals surface area contributed by atoms with E-state index in [-0.39, 0.29) is 0 Å². The Morgan fingerprint density at radius 3 is 2.57 bits per heavy atom. The van der Waals surface area contributed by atoms with Crippen molar-refractivity contribution in [2.24, 2.45) is 16.8 Å². The second kappa shape index (κ2) is 9.47. The van der Waals surface area contributed by atoms with Gasteiger partial charge in [0.05, 0.1) is 17.1 Å². The number of nitrogens with zero attached hydrogens (tertiary/aromatic N) is 2. The standard InChI is InChI=1S/C29H29N5S/c1-18-11-26(30-15-18)25-9-7-22(33-25)5-3-20-4-10-28-21(13-20)14-24(35-28)8-6-23-17-32-29(34-23)27-12-19(2)16-31-27/h4,7,10,13-14,17-19,26-27,30-31H,9,11-12,15-16H2,1-2H3,(H,32,34)/t18-,19-,26-,27-/m0/s1. The van der Waals surface area contributed by atoms with Gasteiger partial charge in [0.25, 0.3) is 0 Å². The average molecular weight is 480 g/mol. The van der Waals surface area contributed by atoms with Gasteiger partial charge in [0.1, 0.15) is 17.2 Å². The molecule has 0 bridgehead atoms. The normalized spacial score (nSPS) is 25.7. The Morgan fingerprint density at radius 1 is 0.943 bits per heavy atom. The Bertz CT molecular complexity index is 1450. The Balaban J connectivity index is 1.14. The second-order valence-corrected chi connectivity index (χ2v) is 11.1. The Hall–Kier alpha value is -3.16. The minimum Gasteiger partial charge on any atom is -0.334 e. The van der Waals surface area contributed by atoms with Gasteiger partial charge in [0.15, 0.2) is 0 Å². The lowest BCUT2D eigenvalue weighted by atomic mass is 10.0. The third-order valence-electron chi connectivity index (χ3n) is 6.97. The Morgan fingerprint density at radius 2 is 1.77 bits per heavy atom. The number of hydrogen-bond acceptors (Lipinski definition) is 5. The minimum absolute atomic E-state index is 0.310. The molecule has 0 aliphatic carbocycles. The molecule has 3 aromatic rings. The fourth-order valence-electron chi connectivity index (χ4n) is 5.06. The summed E-state index contributed by atoms with van der Waals surface area (Å²) in [5.74, 6) is 15.5. The highest BCUT2D eigenvalue weighted by molar-refractivity contribution is 7.19. The molecule has 2 fully saturated rings. The number of thiophene rings is 1. The molecule has 5 heterocycles.